The van der Waals surface area contributed by atoms with E-state index >= 15 is 0 Å². The van der Waals surface area contributed by atoms with Gasteiger partial charge in [-0.2, -0.15) is 0 Å². The lowest BCUT2D eigenvalue weighted by Gasteiger charge is -2.34. The van der Waals surface area contributed by atoms with E-state index in [0.29, 0.717) is 6.04 Å². The van der Waals surface area contributed by atoms with E-state index < -0.39 is 0 Å². The number of likely N-dealkylation sites (tertiary alicyclic amines) is 1. The first kappa shape index (κ1) is 18.1. The van der Waals surface area contributed by atoms with E-state index in [1.54, 1.807) is 0 Å². The molecule has 1 heterocycles. The lowest BCUT2D eigenvalue weighted by Crippen LogP contribution is -2.42. The Bertz CT molecular complexity index is 666. The third kappa shape index (κ3) is 5.11. The van der Waals surface area contributed by atoms with E-state index in [1.807, 2.05) is 24.3 Å². The first-order valence-electron chi connectivity index (χ1n) is 9.06. The van der Waals surface area contributed by atoms with Gasteiger partial charge in [-0.05, 0) is 61.7 Å². The maximum Gasteiger partial charge on any atom is 0.123 e. The van der Waals surface area contributed by atoms with Crippen LogP contribution in [0.15, 0.2) is 48.5 Å². The first-order valence-corrected chi connectivity index (χ1v) is 9.06. The van der Waals surface area contributed by atoms with Crippen LogP contribution in [0.4, 0.5) is 4.39 Å². The predicted octanol–water partition coefficient (Wildman–Crippen LogP) is 3.63. The summed E-state index contributed by atoms with van der Waals surface area (Å²) in [5, 5.41) is 13.0. The van der Waals surface area contributed by atoms with Crippen LogP contribution in [0.25, 0.3) is 0 Å². The van der Waals surface area contributed by atoms with Crippen LogP contribution in [0, 0.1) is 5.82 Å². The van der Waals surface area contributed by atoms with Crippen molar-refractivity contribution in [1.82, 2.24) is 10.2 Å². The van der Waals surface area contributed by atoms with Crippen molar-refractivity contribution >= 4 is 0 Å². The zero-order chi connectivity index (χ0) is 17.6. The quantitative estimate of drug-likeness (QED) is 0.841. The number of rotatable bonds is 6. The molecule has 1 saturated heterocycles. The number of nitrogens with zero attached hydrogens (tertiary/aromatic N) is 1. The SMILES string of the molecule is CC(NC1CCN(Cc2ccc(F)cc2)CC1)c1cccc(CO)c1. The van der Waals surface area contributed by atoms with Gasteiger partial charge in [0, 0.05) is 18.6 Å². The van der Waals surface area contributed by atoms with Gasteiger partial charge in [-0.3, -0.25) is 4.90 Å². The van der Waals surface area contributed by atoms with Gasteiger partial charge in [0.05, 0.1) is 6.61 Å². The van der Waals surface area contributed by atoms with Crippen molar-refractivity contribution in [3.05, 3.63) is 71.0 Å². The molecule has 1 fully saturated rings. The van der Waals surface area contributed by atoms with Gasteiger partial charge < -0.3 is 10.4 Å². The molecule has 1 unspecified atom stereocenters. The van der Waals surface area contributed by atoms with Crippen LogP contribution in [-0.4, -0.2) is 29.1 Å². The minimum Gasteiger partial charge on any atom is -0.392 e. The summed E-state index contributed by atoms with van der Waals surface area (Å²) in [4.78, 5) is 2.43. The molecule has 2 aromatic carbocycles. The third-order valence-corrected chi connectivity index (χ3v) is 5.03. The van der Waals surface area contributed by atoms with E-state index in [4.69, 9.17) is 0 Å². The summed E-state index contributed by atoms with van der Waals surface area (Å²) in [5.74, 6) is -0.175. The molecule has 4 heteroatoms. The van der Waals surface area contributed by atoms with Crippen molar-refractivity contribution in [2.75, 3.05) is 13.1 Å². The fraction of sp³-hybridized carbons (Fsp3) is 0.429. The largest absolute Gasteiger partial charge is 0.392 e. The zero-order valence-corrected chi connectivity index (χ0v) is 14.8. The number of benzene rings is 2. The maximum atomic E-state index is 13.0. The number of aliphatic hydroxyl groups excluding tert-OH is 1. The predicted molar refractivity (Wildman–Crippen MR) is 98.6 cm³/mol. The lowest BCUT2D eigenvalue weighted by molar-refractivity contribution is 0.185. The Labute approximate surface area is 149 Å². The van der Waals surface area contributed by atoms with E-state index in [0.717, 1.165) is 38.0 Å². The fourth-order valence-electron chi connectivity index (χ4n) is 3.52. The average Bonchev–Trinajstić information content (AvgIpc) is 2.65. The molecule has 3 nitrogen and oxygen atoms in total. The Balaban J connectivity index is 1.47. The van der Waals surface area contributed by atoms with Crippen LogP contribution in [0.2, 0.25) is 0 Å². The highest BCUT2D eigenvalue weighted by molar-refractivity contribution is 5.25. The molecular formula is C21H27FN2O. The number of piperidine rings is 1. The Morgan fingerprint density at radius 1 is 1.12 bits per heavy atom. The first-order chi connectivity index (χ1) is 12.1. The number of nitrogens with one attached hydrogen (secondary N) is 1. The monoisotopic (exact) mass is 342 g/mol. The summed E-state index contributed by atoms with van der Waals surface area (Å²) in [6.45, 7) is 5.27. The highest BCUT2D eigenvalue weighted by atomic mass is 19.1. The van der Waals surface area contributed by atoms with E-state index in [2.05, 4.69) is 29.3 Å². The number of hydrogen-bond acceptors (Lipinski definition) is 3. The average molecular weight is 342 g/mol. The van der Waals surface area contributed by atoms with Gasteiger partial charge in [0.1, 0.15) is 5.82 Å². The Morgan fingerprint density at radius 3 is 2.52 bits per heavy atom. The van der Waals surface area contributed by atoms with Crippen LogP contribution in [-0.2, 0) is 13.2 Å². The summed E-state index contributed by atoms with van der Waals surface area (Å²) in [5.41, 5.74) is 3.35. The van der Waals surface area contributed by atoms with Crippen molar-refractivity contribution in [1.29, 1.82) is 0 Å². The van der Waals surface area contributed by atoms with Gasteiger partial charge in [0.2, 0.25) is 0 Å². The molecule has 25 heavy (non-hydrogen) atoms. The smallest absolute Gasteiger partial charge is 0.123 e. The summed E-state index contributed by atoms with van der Waals surface area (Å²) in [6.07, 6.45) is 2.23. The Kier molecular flexibility index (Phi) is 6.19. The van der Waals surface area contributed by atoms with Crippen molar-refractivity contribution in [2.24, 2.45) is 0 Å². The fourth-order valence-corrected chi connectivity index (χ4v) is 3.52. The number of halogens is 1. The molecule has 2 aromatic rings. The van der Waals surface area contributed by atoms with Crippen LogP contribution in [0.1, 0.15) is 42.5 Å². The molecule has 0 bridgehead atoms. The molecule has 3 rings (SSSR count). The molecule has 1 atom stereocenters. The van der Waals surface area contributed by atoms with Crippen molar-refractivity contribution < 1.29 is 9.50 Å². The standard InChI is InChI=1S/C21H27FN2O/c1-16(19-4-2-3-18(13-19)15-25)23-21-9-11-24(12-10-21)14-17-5-7-20(22)8-6-17/h2-8,13,16,21,23,25H,9-12,14-15H2,1H3. The second kappa shape index (κ2) is 8.56. The van der Waals surface area contributed by atoms with Crippen molar-refractivity contribution in [3.63, 3.8) is 0 Å². The van der Waals surface area contributed by atoms with Crippen LogP contribution >= 0.6 is 0 Å². The zero-order valence-electron chi connectivity index (χ0n) is 14.8. The molecular weight excluding hydrogens is 315 g/mol. The Hall–Kier alpha value is -1.75. The van der Waals surface area contributed by atoms with E-state index in [9.17, 15) is 9.50 Å². The van der Waals surface area contributed by atoms with Crippen molar-refractivity contribution in [2.45, 2.75) is 45.0 Å². The topological polar surface area (TPSA) is 35.5 Å². The summed E-state index contributed by atoms with van der Waals surface area (Å²) in [7, 11) is 0. The normalized spacial score (nSPS) is 17.6. The van der Waals surface area contributed by atoms with E-state index in [-0.39, 0.29) is 18.5 Å². The molecule has 0 amide bonds. The second-order valence-corrected chi connectivity index (χ2v) is 6.97. The molecule has 1 aliphatic rings. The Morgan fingerprint density at radius 2 is 1.84 bits per heavy atom. The molecule has 0 aromatic heterocycles. The number of aliphatic hydroxyl groups is 1. The molecule has 0 saturated carbocycles. The highest BCUT2D eigenvalue weighted by Gasteiger charge is 2.21. The summed E-state index contributed by atoms with van der Waals surface area (Å²) < 4.78 is 13.0. The third-order valence-electron chi connectivity index (χ3n) is 5.03. The van der Waals surface area contributed by atoms with Crippen LogP contribution < -0.4 is 5.32 Å². The molecule has 134 valence electrons. The molecule has 2 N–H and O–H groups in total. The molecule has 0 spiro atoms. The summed E-state index contributed by atoms with van der Waals surface area (Å²) in [6, 6.07) is 15.7. The van der Waals surface area contributed by atoms with Gasteiger partial charge >= 0.3 is 0 Å². The lowest BCUT2D eigenvalue weighted by atomic mass is 10.00. The van der Waals surface area contributed by atoms with Crippen LogP contribution in [0.3, 0.4) is 0 Å². The van der Waals surface area contributed by atoms with Crippen molar-refractivity contribution in [3.8, 4) is 0 Å². The number of hydrogen-bond donors (Lipinski definition) is 2. The minimum absolute atomic E-state index is 0.0856. The highest BCUT2D eigenvalue weighted by Crippen LogP contribution is 2.19. The van der Waals surface area contributed by atoms with Gasteiger partial charge in [0.15, 0.2) is 0 Å². The molecule has 0 radical (unpaired) electrons. The molecule has 1 aliphatic heterocycles. The van der Waals surface area contributed by atoms with Gasteiger partial charge in [-0.15, -0.1) is 0 Å². The molecule has 0 aliphatic carbocycles. The van der Waals surface area contributed by atoms with Crippen LogP contribution in [0.5, 0.6) is 0 Å². The van der Waals surface area contributed by atoms with Gasteiger partial charge in [0.25, 0.3) is 0 Å². The minimum atomic E-state index is -0.175. The van der Waals surface area contributed by atoms with Gasteiger partial charge in [-0.1, -0.05) is 36.4 Å². The second-order valence-electron chi connectivity index (χ2n) is 6.97. The van der Waals surface area contributed by atoms with Gasteiger partial charge in [-0.25, -0.2) is 4.39 Å². The summed E-state index contributed by atoms with van der Waals surface area (Å²) >= 11 is 0. The maximum absolute atomic E-state index is 13.0. The van der Waals surface area contributed by atoms with E-state index in [1.165, 1.54) is 23.3 Å².